The maximum absolute atomic E-state index is 14.3. The van der Waals surface area contributed by atoms with Crippen LogP contribution in [0.15, 0.2) is 17.0 Å². The number of benzene rings is 1. The minimum Gasteiger partial charge on any atom is -0.316 e. The molecule has 0 radical (unpaired) electrons. The Hall–Kier alpha value is -0.690. The van der Waals surface area contributed by atoms with Gasteiger partial charge in [-0.2, -0.15) is 0 Å². The van der Waals surface area contributed by atoms with Crippen molar-refractivity contribution in [3.05, 3.63) is 28.5 Å². The Morgan fingerprint density at radius 1 is 1.38 bits per heavy atom. The van der Waals surface area contributed by atoms with E-state index < -0.39 is 15.8 Å². The average molecular weight is 335 g/mol. The molecule has 1 aliphatic carbocycles. The molecule has 1 fully saturated rings. The number of halogens is 2. The Morgan fingerprint density at radius 2 is 2.10 bits per heavy atom. The fourth-order valence-corrected chi connectivity index (χ4v) is 3.89. The van der Waals surface area contributed by atoms with Gasteiger partial charge in [0.1, 0.15) is 10.7 Å². The lowest BCUT2D eigenvalue weighted by Gasteiger charge is -2.25. The standard InChI is InChI=1S/C14H20ClFN2O2S/c1-17-9-11-7-12(15)8-13(14(11)16)21(19,20)18-6-5-10-3-2-4-10/h7-8,10,17-18H,2-6,9H2,1H3. The van der Waals surface area contributed by atoms with Crippen molar-refractivity contribution >= 4 is 21.6 Å². The summed E-state index contributed by atoms with van der Waals surface area (Å²) in [5, 5.41) is 3.00. The van der Waals surface area contributed by atoms with Gasteiger partial charge in [0.05, 0.1) is 0 Å². The molecule has 118 valence electrons. The number of nitrogens with one attached hydrogen (secondary N) is 2. The molecule has 21 heavy (non-hydrogen) atoms. The topological polar surface area (TPSA) is 58.2 Å². The fraction of sp³-hybridized carbons (Fsp3) is 0.571. The van der Waals surface area contributed by atoms with Gasteiger partial charge in [0, 0.05) is 23.7 Å². The molecule has 0 unspecified atom stereocenters. The van der Waals surface area contributed by atoms with E-state index in [9.17, 15) is 12.8 Å². The van der Waals surface area contributed by atoms with Crippen LogP contribution in [0.4, 0.5) is 4.39 Å². The third kappa shape index (κ3) is 4.16. The predicted octanol–water partition coefficient (Wildman–Crippen LogP) is 2.67. The van der Waals surface area contributed by atoms with Gasteiger partial charge in [0.2, 0.25) is 10.0 Å². The number of hydrogen-bond donors (Lipinski definition) is 2. The summed E-state index contributed by atoms with van der Waals surface area (Å²) in [4.78, 5) is -0.381. The zero-order valence-corrected chi connectivity index (χ0v) is 13.5. The second-order valence-electron chi connectivity index (χ2n) is 5.39. The van der Waals surface area contributed by atoms with Gasteiger partial charge >= 0.3 is 0 Å². The van der Waals surface area contributed by atoms with Crippen LogP contribution in [0.1, 0.15) is 31.2 Å². The molecule has 2 N–H and O–H groups in total. The third-order valence-corrected chi connectivity index (χ3v) is 5.48. The molecule has 0 spiro atoms. The summed E-state index contributed by atoms with van der Waals surface area (Å²) >= 11 is 5.89. The molecule has 2 rings (SSSR count). The van der Waals surface area contributed by atoms with E-state index in [1.54, 1.807) is 7.05 Å². The Bertz CT molecular complexity index is 603. The van der Waals surface area contributed by atoms with E-state index in [4.69, 9.17) is 11.6 Å². The lowest BCUT2D eigenvalue weighted by Crippen LogP contribution is -2.28. The predicted molar refractivity (Wildman–Crippen MR) is 81.3 cm³/mol. The second kappa shape index (κ2) is 7.05. The van der Waals surface area contributed by atoms with Gasteiger partial charge in [0.25, 0.3) is 0 Å². The van der Waals surface area contributed by atoms with Gasteiger partial charge in [-0.05, 0) is 31.5 Å². The Labute approximate surface area is 130 Å². The summed E-state index contributed by atoms with van der Waals surface area (Å²) in [6.07, 6.45) is 4.32. The highest BCUT2D eigenvalue weighted by atomic mass is 35.5. The Morgan fingerprint density at radius 3 is 2.67 bits per heavy atom. The highest BCUT2D eigenvalue weighted by molar-refractivity contribution is 7.89. The van der Waals surface area contributed by atoms with Crippen molar-refractivity contribution in [3.63, 3.8) is 0 Å². The fourth-order valence-electron chi connectivity index (χ4n) is 2.39. The maximum Gasteiger partial charge on any atom is 0.243 e. The third-order valence-electron chi connectivity index (χ3n) is 3.81. The normalized spacial score (nSPS) is 16.0. The summed E-state index contributed by atoms with van der Waals surface area (Å²) in [7, 11) is -2.21. The van der Waals surface area contributed by atoms with Crippen molar-refractivity contribution in [2.24, 2.45) is 5.92 Å². The van der Waals surface area contributed by atoms with E-state index in [1.165, 1.54) is 12.5 Å². The highest BCUT2D eigenvalue weighted by Gasteiger charge is 2.23. The molecule has 0 aromatic heterocycles. The number of rotatable bonds is 7. The lowest BCUT2D eigenvalue weighted by molar-refractivity contribution is 0.297. The van der Waals surface area contributed by atoms with E-state index >= 15 is 0 Å². The van der Waals surface area contributed by atoms with Crippen molar-refractivity contribution in [3.8, 4) is 0 Å². The van der Waals surface area contributed by atoms with Crippen molar-refractivity contribution in [2.45, 2.75) is 37.1 Å². The summed E-state index contributed by atoms with van der Waals surface area (Å²) in [5.74, 6) is -0.151. The molecule has 0 saturated heterocycles. The minimum atomic E-state index is -3.87. The molecule has 1 saturated carbocycles. The van der Waals surface area contributed by atoms with Crippen LogP contribution in [-0.4, -0.2) is 22.0 Å². The van der Waals surface area contributed by atoms with Crippen LogP contribution in [-0.2, 0) is 16.6 Å². The molecule has 0 bridgehead atoms. The zero-order chi connectivity index (χ0) is 15.5. The van der Waals surface area contributed by atoms with Crippen LogP contribution in [0, 0.1) is 11.7 Å². The van der Waals surface area contributed by atoms with Crippen LogP contribution in [0.25, 0.3) is 0 Å². The van der Waals surface area contributed by atoms with E-state index in [0.29, 0.717) is 12.5 Å². The van der Waals surface area contributed by atoms with E-state index in [2.05, 4.69) is 10.0 Å². The van der Waals surface area contributed by atoms with Gasteiger partial charge in [0.15, 0.2) is 0 Å². The first kappa shape index (κ1) is 16.7. The lowest BCUT2D eigenvalue weighted by atomic mass is 9.83. The largest absolute Gasteiger partial charge is 0.316 e. The first-order chi connectivity index (χ1) is 9.94. The summed E-state index contributed by atoms with van der Waals surface area (Å²) in [6, 6.07) is 2.59. The Kier molecular flexibility index (Phi) is 5.60. The quantitative estimate of drug-likeness (QED) is 0.806. The SMILES string of the molecule is CNCc1cc(Cl)cc(S(=O)(=O)NCCC2CCC2)c1F. The van der Waals surface area contributed by atoms with Crippen molar-refractivity contribution in [1.29, 1.82) is 0 Å². The smallest absolute Gasteiger partial charge is 0.243 e. The molecule has 0 atom stereocenters. The van der Waals surface area contributed by atoms with E-state index in [1.807, 2.05) is 0 Å². The van der Waals surface area contributed by atoms with Crippen LogP contribution in [0.5, 0.6) is 0 Å². The first-order valence-corrected chi connectivity index (χ1v) is 8.92. The zero-order valence-electron chi connectivity index (χ0n) is 12.0. The van der Waals surface area contributed by atoms with Gasteiger partial charge < -0.3 is 5.32 Å². The molecular formula is C14H20ClFN2O2S. The Balaban J connectivity index is 2.13. The van der Waals surface area contributed by atoms with Crippen LogP contribution in [0.3, 0.4) is 0 Å². The van der Waals surface area contributed by atoms with E-state index in [0.717, 1.165) is 25.3 Å². The van der Waals surface area contributed by atoms with Crippen LogP contribution < -0.4 is 10.0 Å². The van der Waals surface area contributed by atoms with Crippen LogP contribution >= 0.6 is 11.6 Å². The second-order valence-corrected chi connectivity index (χ2v) is 7.56. The van der Waals surface area contributed by atoms with Gasteiger partial charge in [-0.15, -0.1) is 0 Å². The van der Waals surface area contributed by atoms with Gasteiger partial charge in [-0.1, -0.05) is 30.9 Å². The average Bonchev–Trinajstić information content (AvgIpc) is 2.36. The number of sulfonamides is 1. The molecule has 7 heteroatoms. The molecule has 1 aliphatic rings. The maximum atomic E-state index is 14.3. The molecule has 1 aromatic rings. The molecule has 0 heterocycles. The summed E-state index contributed by atoms with van der Waals surface area (Å²) in [5.41, 5.74) is 0.240. The van der Waals surface area contributed by atoms with E-state index in [-0.39, 0.29) is 22.0 Å². The molecule has 1 aromatic carbocycles. The number of hydrogen-bond acceptors (Lipinski definition) is 3. The van der Waals surface area contributed by atoms with Gasteiger partial charge in [-0.25, -0.2) is 17.5 Å². The van der Waals surface area contributed by atoms with Crippen molar-refractivity contribution < 1.29 is 12.8 Å². The monoisotopic (exact) mass is 334 g/mol. The first-order valence-electron chi connectivity index (χ1n) is 7.06. The summed E-state index contributed by atoms with van der Waals surface area (Å²) < 4.78 is 41.2. The molecule has 0 aliphatic heterocycles. The highest BCUT2D eigenvalue weighted by Crippen LogP contribution is 2.29. The van der Waals surface area contributed by atoms with Crippen molar-refractivity contribution in [2.75, 3.05) is 13.6 Å². The minimum absolute atomic E-state index is 0.209. The molecular weight excluding hydrogens is 315 g/mol. The van der Waals surface area contributed by atoms with Crippen LogP contribution in [0.2, 0.25) is 5.02 Å². The molecule has 4 nitrogen and oxygen atoms in total. The van der Waals surface area contributed by atoms with Gasteiger partial charge in [-0.3, -0.25) is 0 Å². The molecule has 0 amide bonds. The van der Waals surface area contributed by atoms with Crippen molar-refractivity contribution in [1.82, 2.24) is 10.0 Å². The summed E-state index contributed by atoms with van der Waals surface area (Å²) in [6.45, 7) is 0.553.